The van der Waals surface area contributed by atoms with E-state index in [4.69, 9.17) is 20.6 Å². The zero-order valence-electron chi connectivity index (χ0n) is 18.4. The average Bonchev–Trinajstić information content (AvgIpc) is 2.81. The van der Waals surface area contributed by atoms with E-state index in [1.807, 2.05) is 0 Å². The molecule has 180 valence electrons. The van der Waals surface area contributed by atoms with Gasteiger partial charge in [0.05, 0.1) is 11.3 Å². The summed E-state index contributed by atoms with van der Waals surface area (Å²) in [5, 5.41) is 10.0. The number of halogens is 3. The number of aromatic nitrogens is 1. The van der Waals surface area contributed by atoms with Crippen LogP contribution in [0, 0.1) is 17.0 Å². The highest BCUT2D eigenvalue weighted by Gasteiger charge is 2.28. The Labute approximate surface area is 202 Å². The van der Waals surface area contributed by atoms with Gasteiger partial charge in [-0.2, -0.15) is 0 Å². The number of pyridine rings is 1. The Hall–Kier alpha value is -3.56. The van der Waals surface area contributed by atoms with Crippen LogP contribution in [0.25, 0.3) is 0 Å². The Morgan fingerprint density at radius 2 is 1.82 bits per heavy atom. The van der Waals surface area contributed by atoms with Crippen molar-refractivity contribution in [3.05, 3.63) is 94.8 Å². The van der Waals surface area contributed by atoms with E-state index in [9.17, 15) is 13.6 Å². The normalized spacial score (nSPS) is 11.3. The quantitative estimate of drug-likeness (QED) is 0.293. The zero-order valence-corrected chi connectivity index (χ0v) is 19.2. The van der Waals surface area contributed by atoms with E-state index in [0.717, 1.165) is 17.7 Å². The number of rotatable bonds is 10. The molecule has 1 amide bonds. The van der Waals surface area contributed by atoms with E-state index >= 15 is 0 Å². The van der Waals surface area contributed by atoms with E-state index in [1.54, 1.807) is 55.6 Å². The molecule has 0 aliphatic carbocycles. The first-order valence-corrected chi connectivity index (χ1v) is 10.2. The maximum absolute atomic E-state index is 14.8. The van der Waals surface area contributed by atoms with Crippen LogP contribution < -0.4 is 15.8 Å². The second kappa shape index (κ2) is 12.6. The molecule has 3 rings (SSSR count). The third-order valence-electron chi connectivity index (χ3n) is 4.73. The number of ether oxygens (including phenoxy) is 2. The second-order valence-electron chi connectivity index (χ2n) is 7.07. The largest absolute Gasteiger partial charge is 0.487 e. The van der Waals surface area contributed by atoms with Crippen LogP contribution in [0.15, 0.2) is 60.8 Å². The number of nitrogens with one attached hydrogen (secondary N) is 2. The van der Waals surface area contributed by atoms with Gasteiger partial charge >= 0.3 is 0 Å². The SMILES string of the molecule is CCOC(C(=O)NCc1ccc(C(=N)N)cc1)c1c(F)cc(OCc2ccccn2)cc1F.Cl. The molecular formula is C24H25ClF2N4O3. The van der Waals surface area contributed by atoms with E-state index in [2.05, 4.69) is 10.3 Å². The Bertz CT molecular complexity index is 1090. The van der Waals surface area contributed by atoms with Crippen molar-refractivity contribution in [1.82, 2.24) is 10.3 Å². The maximum atomic E-state index is 14.8. The minimum absolute atomic E-state index is 0. The lowest BCUT2D eigenvalue weighted by Gasteiger charge is -2.19. The van der Waals surface area contributed by atoms with Gasteiger partial charge in [-0.15, -0.1) is 12.4 Å². The van der Waals surface area contributed by atoms with Crippen LogP contribution in [-0.4, -0.2) is 23.3 Å². The molecule has 1 heterocycles. The lowest BCUT2D eigenvalue weighted by Crippen LogP contribution is -2.31. The lowest BCUT2D eigenvalue weighted by molar-refractivity contribution is -0.133. The number of hydrogen-bond acceptors (Lipinski definition) is 5. The first-order valence-electron chi connectivity index (χ1n) is 10.2. The number of carbonyl (C=O) groups is 1. The molecule has 3 aromatic rings. The van der Waals surface area contributed by atoms with E-state index in [0.29, 0.717) is 11.3 Å². The summed E-state index contributed by atoms with van der Waals surface area (Å²) in [5.41, 5.74) is 6.81. The van der Waals surface area contributed by atoms with Crippen LogP contribution in [-0.2, 0) is 22.7 Å². The van der Waals surface area contributed by atoms with Gasteiger partial charge in [-0.1, -0.05) is 30.3 Å². The molecule has 0 saturated heterocycles. The molecule has 0 spiro atoms. The van der Waals surface area contributed by atoms with Gasteiger partial charge in [-0.25, -0.2) is 8.78 Å². The third-order valence-corrected chi connectivity index (χ3v) is 4.73. The summed E-state index contributed by atoms with van der Waals surface area (Å²) in [6, 6.07) is 14.0. The standard InChI is InChI=1S/C24H24F2N4O3.ClH/c1-2-32-22(24(31)30-13-15-6-8-16(9-7-15)23(27)28)21-19(25)11-18(12-20(21)26)33-14-17-5-3-4-10-29-17;/h3-12,22H,2,13-14H2,1H3,(H3,27,28)(H,30,31);1H. The van der Waals surface area contributed by atoms with Crippen molar-refractivity contribution in [2.75, 3.05) is 6.61 Å². The van der Waals surface area contributed by atoms with Crippen molar-refractivity contribution in [3.63, 3.8) is 0 Å². The highest BCUT2D eigenvalue weighted by atomic mass is 35.5. The number of amides is 1. The summed E-state index contributed by atoms with van der Waals surface area (Å²) < 4.78 is 40.5. The van der Waals surface area contributed by atoms with Gasteiger partial charge in [0, 0.05) is 37.0 Å². The van der Waals surface area contributed by atoms with E-state index in [-0.39, 0.29) is 43.8 Å². The fourth-order valence-corrected chi connectivity index (χ4v) is 3.08. The summed E-state index contributed by atoms with van der Waals surface area (Å²) in [6.45, 7) is 1.84. The number of amidine groups is 1. The molecule has 0 aliphatic rings. The minimum Gasteiger partial charge on any atom is -0.487 e. The highest BCUT2D eigenvalue weighted by molar-refractivity contribution is 5.94. The Morgan fingerprint density at radius 3 is 2.38 bits per heavy atom. The van der Waals surface area contributed by atoms with Crippen LogP contribution in [0.5, 0.6) is 5.75 Å². The number of nitrogen functional groups attached to an aromatic ring is 1. The molecular weight excluding hydrogens is 466 g/mol. The van der Waals surface area contributed by atoms with Crippen molar-refractivity contribution in [3.8, 4) is 5.75 Å². The lowest BCUT2D eigenvalue weighted by atomic mass is 10.1. The van der Waals surface area contributed by atoms with Crippen LogP contribution in [0.1, 0.15) is 35.4 Å². The molecule has 0 saturated carbocycles. The van der Waals surface area contributed by atoms with Crippen molar-refractivity contribution < 1.29 is 23.0 Å². The molecule has 1 atom stereocenters. The topological polar surface area (TPSA) is 110 Å². The maximum Gasteiger partial charge on any atom is 0.254 e. The van der Waals surface area contributed by atoms with Crippen LogP contribution in [0.4, 0.5) is 8.78 Å². The first-order chi connectivity index (χ1) is 15.9. The van der Waals surface area contributed by atoms with Crippen molar-refractivity contribution in [1.29, 1.82) is 5.41 Å². The molecule has 1 aromatic heterocycles. The average molecular weight is 491 g/mol. The third kappa shape index (κ3) is 6.97. The summed E-state index contributed by atoms with van der Waals surface area (Å²) in [6.07, 6.45) is 0.114. The molecule has 0 aliphatic heterocycles. The first kappa shape index (κ1) is 26.7. The Kier molecular flexibility index (Phi) is 9.91. The predicted octanol–water partition coefficient (Wildman–Crippen LogP) is 4.04. The molecule has 10 heteroatoms. The number of benzene rings is 2. The van der Waals surface area contributed by atoms with Crippen LogP contribution >= 0.6 is 12.4 Å². The molecule has 4 N–H and O–H groups in total. The van der Waals surface area contributed by atoms with Gasteiger partial charge in [0.2, 0.25) is 0 Å². The van der Waals surface area contributed by atoms with Crippen LogP contribution in [0.2, 0.25) is 0 Å². The van der Waals surface area contributed by atoms with Crippen molar-refractivity contribution in [2.45, 2.75) is 26.2 Å². The predicted molar refractivity (Wildman–Crippen MR) is 126 cm³/mol. The van der Waals surface area contributed by atoms with Gasteiger partial charge in [-0.05, 0) is 24.6 Å². The fraction of sp³-hybridized carbons (Fsp3) is 0.208. The number of nitrogens with zero attached hydrogens (tertiary/aromatic N) is 1. The zero-order chi connectivity index (χ0) is 23.8. The smallest absolute Gasteiger partial charge is 0.254 e. The second-order valence-corrected chi connectivity index (χ2v) is 7.07. The molecule has 34 heavy (non-hydrogen) atoms. The van der Waals surface area contributed by atoms with Crippen molar-refractivity contribution >= 4 is 24.1 Å². The summed E-state index contributed by atoms with van der Waals surface area (Å²) in [4.78, 5) is 16.8. The number of carbonyl (C=O) groups excluding carboxylic acids is 1. The molecule has 0 radical (unpaired) electrons. The van der Waals surface area contributed by atoms with E-state index in [1.165, 1.54) is 0 Å². The van der Waals surface area contributed by atoms with Gasteiger partial charge in [0.25, 0.3) is 5.91 Å². The summed E-state index contributed by atoms with van der Waals surface area (Å²) in [5.74, 6) is -2.69. The van der Waals surface area contributed by atoms with Gasteiger partial charge < -0.3 is 20.5 Å². The van der Waals surface area contributed by atoms with Crippen molar-refractivity contribution in [2.24, 2.45) is 5.73 Å². The monoisotopic (exact) mass is 490 g/mol. The fourth-order valence-electron chi connectivity index (χ4n) is 3.08. The highest BCUT2D eigenvalue weighted by Crippen LogP contribution is 2.29. The molecule has 7 nitrogen and oxygen atoms in total. The minimum atomic E-state index is -1.48. The van der Waals surface area contributed by atoms with Gasteiger partial charge in [0.1, 0.15) is 29.8 Å². The number of hydrogen-bond donors (Lipinski definition) is 3. The molecule has 1 unspecified atom stereocenters. The van der Waals surface area contributed by atoms with Gasteiger partial charge in [-0.3, -0.25) is 15.2 Å². The Morgan fingerprint density at radius 1 is 1.15 bits per heavy atom. The Balaban J connectivity index is 0.00000408. The van der Waals surface area contributed by atoms with E-state index < -0.39 is 29.2 Å². The molecule has 0 fully saturated rings. The number of nitrogens with two attached hydrogens (primary N) is 1. The molecule has 0 bridgehead atoms. The summed E-state index contributed by atoms with van der Waals surface area (Å²) in [7, 11) is 0. The van der Waals surface area contributed by atoms with Crippen LogP contribution in [0.3, 0.4) is 0 Å². The molecule has 2 aromatic carbocycles. The summed E-state index contributed by atoms with van der Waals surface area (Å²) >= 11 is 0. The van der Waals surface area contributed by atoms with Gasteiger partial charge in [0.15, 0.2) is 6.10 Å².